The molecule has 0 spiro atoms. The molecule has 0 aliphatic heterocycles. The van der Waals surface area contributed by atoms with Crippen molar-refractivity contribution >= 4 is 16.8 Å². The molecule has 0 fully saturated rings. The van der Waals surface area contributed by atoms with Gasteiger partial charge in [-0.2, -0.15) is 0 Å². The molecule has 1 unspecified atom stereocenters. The maximum atomic E-state index is 11.2. The van der Waals surface area contributed by atoms with E-state index in [1.165, 1.54) is 0 Å². The van der Waals surface area contributed by atoms with E-state index in [-0.39, 0.29) is 16.6 Å². The van der Waals surface area contributed by atoms with Crippen LogP contribution >= 0.6 is 11.6 Å². The number of carbonyl (C=O) groups excluding carboxylic acids is 1. The van der Waals surface area contributed by atoms with E-state index in [2.05, 4.69) is 26.8 Å². The second kappa shape index (κ2) is 5.75. The second-order valence-corrected chi connectivity index (χ2v) is 6.13. The van der Waals surface area contributed by atoms with Crippen molar-refractivity contribution < 1.29 is 9.53 Å². The zero-order chi connectivity index (χ0) is 13.9. The molecule has 1 atom stereocenters. The van der Waals surface area contributed by atoms with Gasteiger partial charge in [-0.15, -0.1) is 0 Å². The minimum Gasteiger partial charge on any atom is -0.496 e. The third-order valence-corrected chi connectivity index (χ3v) is 3.39. The van der Waals surface area contributed by atoms with Gasteiger partial charge in [-0.1, -0.05) is 32.9 Å². The van der Waals surface area contributed by atoms with Crippen LogP contribution < -0.4 is 4.74 Å². The van der Waals surface area contributed by atoms with Crippen LogP contribution in [0.4, 0.5) is 0 Å². The van der Waals surface area contributed by atoms with Crippen LogP contribution in [-0.2, 0) is 4.79 Å². The van der Waals surface area contributed by atoms with Gasteiger partial charge in [0.15, 0.2) is 0 Å². The number of benzene rings is 1. The summed E-state index contributed by atoms with van der Waals surface area (Å²) in [6, 6.07) is 6.04. The predicted octanol–water partition coefficient (Wildman–Crippen LogP) is 4.29. The fourth-order valence-electron chi connectivity index (χ4n) is 2.20. The van der Waals surface area contributed by atoms with E-state index in [9.17, 15) is 4.79 Å². The van der Waals surface area contributed by atoms with Gasteiger partial charge in [0.1, 0.15) is 5.75 Å². The fraction of sp³-hybridized carbons (Fsp3) is 0.533. The summed E-state index contributed by atoms with van der Waals surface area (Å²) < 4.78 is 5.25. The summed E-state index contributed by atoms with van der Waals surface area (Å²) in [4.78, 5) is 11.2. The minimum atomic E-state index is -0.289. The monoisotopic (exact) mass is 268 g/mol. The zero-order valence-corrected chi connectivity index (χ0v) is 12.5. The summed E-state index contributed by atoms with van der Waals surface area (Å²) in [7, 11) is 1.66. The van der Waals surface area contributed by atoms with E-state index in [1.54, 1.807) is 7.11 Å². The summed E-state index contributed by atoms with van der Waals surface area (Å²) in [5.41, 5.74) is 2.20. The first kappa shape index (κ1) is 15.0. The smallest absolute Gasteiger partial charge is 0.222 e. The van der Waals surface area contributed by atoms with E-state index in [0.717, 1.165) is 16.9 Å². The van der Waals surface area contributed by atoms with Gasteiger partial charge in [-0.3, -0.25) is 4.79 Å². The number of rotatable bonds is 4. The lowest BCUT2D eigenvalue weighted by Crippen LogP contribution is -2.20. The number of hydrogen-bond donors (Lipinski definition) is 0. The molecule has 0 aliphatic rings. The van der Waals surface area contributed by atoms with Gasteiger partial charge in [0, 0.05) is 6.42 Å². The van der Waals surface area contributed by atoms with E-state index in [1.807, 2.05) is 19.1 Å². The SMILES string of the molecule is COc1ccc(C(CC(=O)Cl)C(C)(C)C)cc1C. The van der Waals surface area contributed by atoms with Gasteiger partial charge >= 0.3 is 0 Å². The lowest BCUT2D eigenvalue weighted by molar-refractivity contribution is -0.112. The zero-order valence-electron chi connectivity index (χ0n) is 11.7. The molecule has 1 aromatic rings. The Morgan fingerprint density at radius 1 is 1.39 bits per heavy atom. The van der Waals surface area contributed by atoms with Crippen molar-refractivity contribution in [3.05, 3.63) is 29.3 Å². The molecule has 0 bridgehead atoms. The third-order valence-electron chi connectivity index (χ3n) is 3.23. The molecular formula is C15H21ClO2. The maximum absolute atomic E-state index is 11.2. The average Bonchev–Trinajstić information content (AvgIpc) is 2.24. The molecule has 18 heavy (non-hydrogen) atoms. The van der Waals surface area contributed by atoms with Crippen LogP contribution in [-0.4, -0.2) is 12.4 Å². The largest absolute Gasteiger partial charge is 0.496 e. The van der Waals surface area contributed by atoms with Gasteiger partial charge < -0.3 is 4.74 Å². The molecule has 2 nitrogen and oxygen atoms in total. The first-order valence-corrected chi connectivity index (χ1v) is 6.46. The van der Waals surface area contributed by atoms with Crippen molar-refractivity contribution in [3.8, 4) is 5.75 Å². The van der Waals surface area contributed by atoms with Crippen LogP contribution in [0.25, 0.3) is 0 Å². The van der Waals surface area contributed by atoms with Crippen molar-refractivity contribution in [2.75, 3.05) is 7.11 Å². The summed E-state index contributed by atoms with van der Waals surface area (Å²) in [6.45, 7) is 8.37. The number of ether oxygens (including phenoxy) is 1. The summed E-state index contributed by atoms with van der Waals surface area (Å²) in [5.74, 6) is 0.982. The predicted molar refractivity (Wildman–Crippen MR) is 75.4 cm³/mol. The Morgan fingerprint density at radius 3 is 2.39 bits per heavy atom. The van der Waals surface area contributed by atoms with E-state index in [4.69, 9.17) is 16.3 Å². The molecule has 0 heterocycles. The molecule has 0 N–H and O–H groups in total. The van der Waals surface area contributed by atoms with Crippen LogP contribution in [0.1, 0.15) is 44.2 Å². The number of carbonyl (C=O) groups is 1. The first-order chi connectivity index (χ1) is 8.25. The molecule has 0 amide bonds. The lowest BCUT2D eigenvalue weighted by Gasteiger charge is -2.30. The standard InChI is InChI=1S/C15H21ClO2/c1-10-8-11(6-7-13(10)18-5)12(9-14(16)17)15(2,3)4/h6-8,12H,9H2,1-5H3. The molecule has 1 rings (SSSR count). The Bertz CT molecular complexity index is 433. The van der Waals surface area contributed by atoms with Crippen LogP contribution in [0.3, 0.4) is 0 Å². The van der Waals surface area contributed by atoms with Crippen molar-refractivity contribution in [1.82, 2.24) is 0 Å². The van der Waals surface area contributed by atoms with Crippen molar-refractivity contribution in [1.29, 1.82) is 0 Å². The summed E-state index contributed by atoms with van der Waals surface area (Å²) >= 11 is 5.56. The van der Waals surface area contributed by atoms with Gasteiger partial charge in [-0.05, 0) is 47.1 Å². The normalized spacial score (nSPS) is 13.2. The van der Waals surface area contributed by atoms with Crippen molar-refractivity contribution in [2.24, 2.45) is 5.41 Å². The topological polar surface area (TPSA) is 26.3 Å². The van der Waals surface area contributed by atoms with E-state index < -0.39 is 0 Å². The highest BCUT2D eigenvalue weighted by Gasteiger charge is 2.28. The lowest BCUT2D eigenvalue weighted by atomic mass is 9.74. The van der Waals surface area contributed by atoms with Crippen LogP contribution in [0.5, 0.6) is 5.75 Å². The van der Waals surface area contributed by atoms with Gasteiger partial charge in [0.2, 0.25) is 5.24 Å². The molecule has 0 aliphatic carbocycles. The maximum Gasteiger partial charge on any atom is 0.222 e. The van der Waals surface area contributed by atoms with Crippen LogP contribution in [0.2, 0.25) is 0 Å². The fourth-order valence-corrected chi connectivity index (χ4v) is 2.36. The summed E-state index contributed by atoms with van der Waals surface area (Å²) in [6.07, 6.45) is 0.358. The molecule has 0 radical (unpaired) electrons. The molecule has 1 aromatic carbocycles. The molecule has 100 valence electrons. The van der Waals surface area contributed by atoms with Gasteiger partial charge in [0.25, 0.3) is 0 Å². The highest BCUT2D eigenvalue weighted by atomic mass is 35.5. The first-order valence-electron chi connectivity index (χ1n) is 6.08. The quantitative estimate of drug-likeness (QED) is 0.762. The van der Waals surface area contributed by atoms with Crippen molar-refractivity contribution in [3.63, 3.8) is 0 Å². The minimum absolute atomic E-state index is 0.00835. The Labute approximate surface area is 114 Å². The van der Waals surface area contributed by atoms with Crippen LogP contribution in [0.15, 0.2) is 18.2 Å². The Morgan fingerprint density at radius 2 is 2.00 bits per heavy atom. The third kappa shape index (κ3) is 3.74. The molecule has 0 saturated carbocycles. The number of aryl methyl sites for hydroxylation is 1. The second-order valence-electron chi connectivity index (χ2n) is 5.71. The Balaban J connectivity index is 3.13. The Hall–Kier alpha value is -1.02. The Kier molecular flexibility index (Phi) is 4.80. The van der Waals surface area contributed by atoms with Crippen LogP contribution in [0, 0.1) is 12.3 Å². The number of hydrogen-bond acceptors (Lipinski definition) is 2. The van der Waals surface area contributed by atoms with E-state index >= 15 is 0 Å². The highest BCUT2D eigenvalue weighted by molar-refractivity contribution is 6.63. The number of methoxy groups -OCH3 is 1. The number of halogens is 1. The molecule has 0 aromatic heterocycles. The average molecular weight is 269 g/mol. The molecule has 3 heteroatoms. The van der Waals surface area contributed by atoms with Crippen molar-refractivity contribution in [2.45, 2.75) is 40.0 Å². The highest BCUT2D eigenvalue weighted by Crippen LogP contribution is 2.39. The van der Waals surface area contributed by atoms with Gasteiger partial charge in [0.05, 0.1) is 7.11 Å². The molecular weight excluding hydrogens is 248 g/mol. The van der Waals surface area contributed by atoms with E-state index in [0.29, 0.717) is 6.42 Å². The van der Waals surface area contributed by atoms with Gasteiger partial charge in [-0.25, -0.2) is 0 Å². The molecule has 0 saturated heterocycles. The summed E-state index contributed by atoms with van der Waals surface area (Å²) in [5, 5.41) is -0.289.